The van der Waals surface area contributed by atoms with Gasteiger partial charge in [0.05, 0.1) is 0 Å². The monoisotopic (exact) mass is 724 g/mol. The third-order valence-corrected chi connectivity index (χ3v) is 11.2. The molecular formula is C46H48N2O6. The second kappa shape index (κ2) is 16.0. The van der Waals surface area contributed by atoms with E-state index < -0.39 is 23.4 Å². The van der Waals surface area contributed by atoms with Gasteiger partial charge < -0.3 is 18.9 Å². The van der Waals surface area contributed by atoms with Gasteiger partial charge in [-0.15, -0.1) is 0 Å². The highest BCUT2D eigenvalue weighted by Gasteiger charge is 2.48. The van der Waals surface area contributed by atoms with Crippen LogP contribution in [0.2, 0.25) is 0 Å². The van der Waals surface area contributed by atoms with Crippen molar-refractivity contribution < 1.29 is 28.5 Å². The molecule has 8 rings (SSSR count). The van der Waals surface area contributed by atoms with E-state index in [2.05, 4.69) is 10.6 Å². The molecule has 0 spiro atoms. The smallest absolute Gasteiger partial charge is 0.419 e. The summed E-state index contributed by atoms with van der Waals surface area (Å²) in [6, 6.07) is 35.1. The SMILES string of the molecule is O=C(OC1(Cc2ccc(Oc3ccccc3)cc2)NCCC2=C1CCCC2)C(=O)OC1(Cc2ccc(Oc3ccccc3)cc2)NCCC2=C1CCCC2. The maximum atomic E-state index is 14.1. The van der Waals surface area contributed by atoms with Crippen molar-refractivity contribution in [3.8, 4) is 23.0 Å². The van der Waals surface area contributed by atoms with Crippen molar-refractivity contribution in [3.05, 3.63) is 143 Å². The van der Waals surface area contributed by atoms with Crippen LogP contribution in [0.25, 0.3) is 0 Å². The first kappa shape index (κ1) is 35.8. The van der Waals surface area contributed by atoms with E-state index in [9.17, 15) is 9.59 Å². The molecule has 4 aromatic rings. The first-order valence-electron chi connectivity index (χ1n) is 19.5. The predicted molar refractivity (Wildman–Crippen MR) is 207 cm³/mol. The largest absolute Gasteiger partial charge is 0.457 e. The number of ether oxygens (including phenoxy) is 4. The summed E-state index contributed by atoms with van der Waals surface area (Å²) in [5.41, 5.74) is 4.46. The van der Waals surface area contributed by atoms with Crippen LogP contribution in [0.15, 0.2) is 131 Å². The summed E-state index contributed by atoms with van der Waals surface area (Å²) >= 11 is 0. The lowest BCUT2D eigenvalue weighted by Gasteiger charge is -2.44. The van der Waals surface area contributed by atoms with Crippen LogP contribution in [-0.4, -0.2) is 36.5 Å². The minimum absolute atomic E-state index is 0.382. The van der Waals surface area contributed by atoms with Crippen LogP contribution in [0.5, 0.6) is 23.0 Å². The predicted octanol–water partition coefficient (Wildman–Crippen LogP) is 9.26. The van der Waals surface area contributed by atoms with Gasteiger partial charge in [0.2, 0.25) is 0 Å². The molecule has 2 atom stereocenters. The van der Waals surface area contributed by atoms with Gasteiger partial charge in [0, 0.05) is 25.9 Å². The van der Waals surface area contributed by atoms with Crippen molar-refractivity contribution >= 4 is 11.9 Å². The van der Waals surface area contributed by atoms with Crippen LogP contribution in [0.1, 0.15) is 75.3 Å². The molecule has 2 N–H and O–H groups in total. The van der Waals surface area contributed by atoms with Gasteiger partial charge in [0.1, 0.15) is 23.0 Å². The first-order chi connectivity index (χ1) is 26.5. The molecule has 0 fully saturated rings. The number of carbonyl (C=O) groups excluding carboxylic acids is 2. The average Bonchev–Trinajstić information content (AvgIpc) is 3.20. The fourth-order valence-corrected chi connectivity index (χ4v) is 8.69. The van der Waals surface area contributed by atoms with Crippen LogP contribution in [0.4, 0.5) is 0 Å². The van der Waals surface area contributed by atoms with Gasteiger partial charge in [0.15, 0.2) is 11.4 Å². The molecule has 2 heterocycles. The van der Waals surface area contributed by atoms with Crippen LogP contribution < -0.4 is 20.1 Å². The average molecular weight is 725 g/mol. The Hall–Kier alpha value is -5.18. The van der Waals surface area contributed by atoms with Gasteiger partial charge in [0.25, 0.3) is 0 Å². The fraction of sp³-hybridized carbons (Fsp3) is 0.348. The number of carbonyl (C=O) groups is 2. The number of benzene rings is 4. The van der Waals surface area contributed by atoms with Gasteiger partial charge in [-0.1, -0.05) is 71.8 Å². The molecule has 0 saturated carbocycles. The van der Waals surface area contributed by atoms with Gasteiger partial charge in [-0.05, 0) is 135 Å². The van der Waals surface area contributed by atoms with Gasteiger partial charge in [-0.3, -0.25) is 10.6 Å². The highest BCUT2D eigenvalue weighted by molar-refractivity contribution is 6.30. The van der Waals surface area contributed by atoms with Crippen LogP contribution in [-0.2, 0) is 31.9 Å². The fourth-order valence-electron chi connectivity index (χ4n) is 8.69. The molecule has 8 heteroatoms. The Bertz CT molecular complexity index is 1850. The van der Waals surface area contributed by atoms with E-state index in [1.54, 1.807) is 0 Å². The minimum atomic E-state index is -1.15. The van der Waals surface area contributed by atoms with E-state index in [4.69, 9.17) is 18.9 Å². The molecule has 2 aliphatic carbocycles. The number of esters is 2. The molecule has 2 aliphatic heterocycles. The summed E-state index contributed by atoms with van der Waals surface area (Å²) in [6.45, 7) is 1.31. The summed E-state index contributed by atoms with van der Waals surface area (Å²) in [5.74, 6) is 0.984. The Balaban J connectivity index is 1.04. The third-order valence-electron chi connectivity index (χ3n) is 11.2. The zero-order chi connectivity index (χ0) is 36.8. The summed E-state index contributed by atoms with van der Waals surface area (Å²) in [7, 11) is 0. The van der Waals surface area contributed by atoms with Crippen molar-refractivity contribution in [1.29, 1.82) is 0 Å². The van der Waals surface area contributed by atoms with Crippen molar-refractivity contribution in [2.24, 2.45) is 0 Å². The van der Waals surface area contributed by atoms with E-state index in [1.807, 2.05) is 109 Å². The van der Waals surface area contributed by atoms with Crippen molar-refractivity contribution in [2.75, 3.05) is 13.1 Å². The molecule has 0 saturated heterocycles. The molecule has 0 radical (unpaired) electrons. The second-order valence-corrected chi connectivity index (χ2v) is 14.8. The highest BCUT2D eigenvalue weighted by Crippen LogP contribution is 2.42. The Labute approximate surface area is 317 Å². The summed E-state index contributed by atoms with van der Waals surface area (Å²) in [6.07, 6.45) is 10.4. The lowest BCUT2D eigenvalue weighted by molar-refractivity contribution is -0.186. The van der Waals surface area contributed by atoms with E-state index in [1.165, 1.54) is 11.1 Å². The van der Waals surface area contributed by atoms with E-state index in [0.717, 1.165) is 98.0 Å². The maximum absolute atomic E-state index is 14.1. The van der Waals surface area contributed by atoms with Crippen molar-refractivity contribution in [1.82, 2.24) is 10.6 Å². The van der Waals surface area contributed by atoms with E-state index in [-0.39, 0.29) is 0 Å². The lowest BCUT2D eigenvalue weighted by atomic mass is 9.79. The number of nitrogens with one attached hydrogen (secondary N) is 2. The lowest BCUT2D eigenvalue weighted by Crippen LogP contribution is -2.59. The van der Waals surface area contributed by atoms with Crippen molar-refractivity contribution in [3.63, 3.8) is 0 Å². The zero-order valence-electron chi connectivity index (χ0n) is 30.7. The first-order valence-corrected chi connectivity index (χ1v) is 19.5. The summed E-state index contributed by atoms with van der Waals surface area (Å²) in [4.78, 5) is 28.3. The van der Waals surface area contributed by atoms with Crippen molar-refractivity contribution in [2.45, 2.75) is 88.5 Å². The number of rotatable bonds is 10. The Morgan fingerprint density at radius 1 is 0.463 bits per heavy atom. The Morgan fingerprint density at radius 2 is 0.833 bits per heavy atom. The normalized spacial score (nSPS) is 22.4. The molecule has 0 amide bonds. The summed E-state index contributed by atoms with van der Waals surface area (Å²) in [5, 5.41) is 7.13. The molecule has 54 heavy (non-hydrogen) atoms. The standard InChI is InChI=1S/C46H48N2O6/c49-43(53-45(41-17-9-7-11-35(41)27-29-47-45)31-33-19-23-39(24-20-33)51-37-13-3-1-4-14-37)44(50)54-46(42-18-10-8-12-36(42)28-30-48-46)32-34-21-25-40(26-22-34)52-38-15-5-2-6-16-38/h1-6,13-16,19-26,47-48H,7-12,17-18,27-32H2. The van der Waals surface area contributed by atoms with Gasteiger partial charge >= 0.3 is 11.9 Å². The quantitative estimate of drug-likeness (QED) is 0.0950. The molecule has 4 aliphatic rings. The molecular weight excluding hydrogens is 677 g/mol. The second-order valence-electron chi connectivity index (χ2n) is 14.8. The molecule has 2 unspecified atom stereocenters. The van der Waals surface area contributed by atoms with Crippen LogP contribution in [0, 0.1) is 0 Å². The van der Waals surface area contributed by atoms with Crippen LogP contribution in [0.3, 0.4) is 0 Å². The molecule has 4 aromatic carbocycles. The number of hydrogen-bond donors (Lipinski definition) is 2. The minimum Gasteiger partial charge on any atom is -0.457 e. The topological polar surface area (TPSA) is 95.1 Å². The Kier molecular flexibility index (Phi) is 10.6. The van der Waals surface area contributed by atoms with Crippen LogP contribution >= 0.6 is 0 Å². The molecule has 278 valence electrons. The molecule has 8 nitrogen and oxygen atoms in total. The van der Waals surface area contributed by atoms with Gasteiger partial charge in [-0.2, -0.15) is 0 Å². The summed E-state index contributed by atoms with van der Waals surface area (Å²) < 4.78 is 24.9. The maximum Gasteiger partial charge on any atom is 0.419 e. The molecule has 0 aromatic heterocycles. The Morgan fingerprint density at radius 3 is 1.24 bits per heavy atom. The molecule has 0 bridgehead atoms. The number of hydrogen-bond acceptors (Lipinski definition) is 8. The van der Waals surface area contributed by atoms with E-state index >= 15 is 0 Å². The zero-order valence-corrected chi connectivity index (χ0v) is 30.7. The third kappa shape index (κ3) is 8.00. The van der Waals surface area contributed by atoms with E-state index in [0.29, 0.717) is 37.4 Å². The number of para-hydroxylation sites is 2. The van der Waals surface area contributed by atoms with Gasteiger partial charge in [-0.25, -0.2) is 9.59 Å². The highest BCUT2D eigenvalue weighted by atomic mass is 16.6.